The third kappa shape index (κ3) is 6.07. The Morgan fingerprint density at radius 3 is 2.29 bits per heavy atom. The Kier molecular flexibility index (Phi) is 8.82. The van der Waals surface area contributed by atoms with Crippen LogP contribution >= 0.6 is 0 Å². The lowest BCUT2D eigenvalue weighted by molar-refractivity contribution is -0.318. The first-order valence-electron chi connectivity index (χ1n) is 11.8. The second-order valence-electron chi connectivity index (χ2n) is 9.08. The Labute approximate surface area is 217 Å². The summed E-state index contributed by atoms with van der Waals surface area (Å²) >= 11 is 0. The molecule has 4 rings (SSSR count). The van der Waals surface area contributed by atoms with Crippen molar-refractivity contribution < 1.29 is 64.2 Å². The predicted octanol–water partition coefficient (Wildman–Crippen LogP) is -1.61. The Balaban J connectivity index is 1.43. The Hall–Kier alpha value is -2.85. The third-order valence-corrected chi connectivity index (χ3v) is 6.34. The summed E-state index contributed by atoms with van der Waals surface area (Å²) in [5.74, 6) is -0.606. The van der Waals surface area contributed by atoms with Gasteiger partial charge >= 0.3 is 5.97 Å². The number of phenolic OH excluding ortho intramolecular Hbond substituents is 1. The molecule has 0 spiro atoms. The van der Waals surface area contributed by atoms with Crippen LogP contribution in [0.2, 0.25) is 0 Å². The lowest BCUT2D eigenvalue weighted by atomic mass is 9.98. The molecule has 208 valence electrons. The van der Waals surface area contributed by atoms with E-state index in [0.29, 0.717) is 5.56 Å². The van der Waals surface area contributed by atoms with Gasteiger partial charge in [0.05, 0.1) is 25.4 Å². The van der Waals surface area contributed by atoms with Gasteiger partial charge in [-0.05, 0) is 42.0 Å². The number of aliphatic hydroxyl groups excluding tert-OH is 5. The molecule has 0 saturated carbocycles. The highest BCUT2D eigenvalue weighted by molar-refractivity contribution is 5.89. The third-order valence-electron chi connectivity index (χ3n) is 6.34. The largest absolute Gasteiger partial charge is 0.508 e. The fourth-order valence-electron chi connectivity index (χ4n) is 4.03. The molecule has 0 amide bonds. The molecule has 13 nitrogen and oxygen atoms in total. The van der Waals surface area contributed by atoms with Crippen LogP contribution < -0.4 is 4.74 Å². The summed E-state index contributed by atoms with van der Waals surface area (Å²) in [4.78, 5) is 12.3. The van der Waals surface area contributed by atoms with Crippen molar-refractivity contribution in [2.45, 2.75) is 55.3 Å². The Bertz CT molecular complexity index is 1060. The lowest BCUT2D eigenvalue weighted by Crippen LogP contribution is -2.62. The van der Waals surface area contributed by atoms with Crippen molar-refractivity contribution in [2.24, 2.45) is 0 Å². The van der Waals surface area contributed by atoms with Crippen LogP contribution in [0.25, 0.3) is 0 Å². The van der Waals surface area contributed by atoms with E-state index in [9.17, 15) is 40.5 Å². The molecule has 8 atom stereocenters. The molecule has 2 aliphatic rings. The molecule has 7 N–H and O–H groups in total. The number of carbonyl (C=O) groups excluding carboxylic acids is 1. The zero-order valence-corrected chi connectivity index (χ0v) is 20.1. The smallest absolute Gasteiger partial charge is 0.338 e. The van der Waals surface area contributed by atoms with Crippen LogP contribution in [0.3, 0.4) is 0 Å². The van der Waals surface area contributed by atoms with Crippen LogP contribution in [0.15, 0.2) is 48.5 Å². The van der Waals surface area contributed by atoms with Gasteiger partial charge in [-0.25, -0.2) is 4.79 Å². The molecule has 2 aliphatic heterocycles. The van der Waals surface area contributed by atoms with Gasteiger partial charge in [0, 0.05) is 0 Å². The van der Waals surface area contributed by atoms with Crippen LogP contribution in [0.5, 0.6) is 11.5 Å². The molecule has 38 heavy (non-hydrogen) atoms. The van der Waals surface area contributed by atoms with E-state index in [1.54, 1.807) is 12.1 Å². The molecule has 0 radical (unpaired) electrons. The van der Waals surface area contributed by atoms with E-state index in [4.69, 9.17) is 23.7 Å². The monoisotopic (exact) mass is 538 g/mol. The summed E-state index contributed by atoms with van der Waals surface area (Å²) in [6, 6.07) is 11.5. The van der Waals surface area contributed by atoms with Gasteiger partial charge in [0.25, 0.3) is 0 Å². The molecule has 13 heteroatoms. The number of ether oxygens (including phenoxy) is 5. The molecule has 2 saturated heterocycles. The first-order chi connectivity index (χ1) is 18.1. The summed E-state index contributed by atoms with van der Waals surface area (Å²) in [5.41, 5.74) is -1.35. The summed E-state index contributed by atoms with van der Waals surface area (Å²) in [6.45, 7) is -1.98. The SMILES string of the molecule is O=C(OCC1(O)COC(OC2C(Oc3ccc(CO)cc3)OC(CO)C(O)C2O)C1O)c1ccc(O)cc1. The van der Waals surface area contributed by atoms with Crippen LogP contribution in [-0.2, 0) is 25.6 Å². The Morgan fingerprint density at radius 2 is 1.66 bits per heavy atom. The number of rotatable bonds is 9. The average Bonchev–Trinajstić information content (AvgIpc) is 3.21. The van der Waals surface area contributed by atoms with Crippen LogP contribution in [0, 0.1) is 0 Å². The highest BCUT2D eigenvalue weighted by Gasteiger charge is 2.54. The van der Waals surface area contributed by atoms with E-state index < -0.39 is 74.5 Å². The van der Waals surface area contributed by atoms with E-state index in [-0.39, 0.29) is 23.7 Å². The second kappa shape index (κ2) is 11.9. The molecule has 2 heterocycles. The summed E-state index contributed by atoms with van der Waals surface area (Å²) in [5, 5.41) is 70.7. The van der Waals surface area contributed by atoms with Crippen molar-refractivity contribution in [3.05, 3.63) is 59.7 Å². The minimum absolute atomic E-state index is 0.0476. The first kappa shape index (κ1) is 28.2. The van der Waals surface area contributed by atoms with Crippen molar-refractivity contribution in [1.29, 1.82) is 0 Å². The van der Waals surface area contributed by atoms with Gasteiger partial charge < -0.3 is 59.4 Å². The van der Waals surface area contributed by atoms with E-state index in [1.807, 2.05) is 0 Å². The number of esters is 1. The fourth-order valence-corrected chi connectivity index (χ4v) is 4.03. The number of aliphatic hydroxyl groups is 6. The maximum Gasteiger partial charge on any atom is 0.338 e. The number of hydrogen-bond acceptors (Lipinski definition) is 13. The molecule has 2 aromatic rings. The van der Waals surface area contributed by atoms with Crippen LogP contribution in [-0.4, -0.2) is 110 Å². The predicted molar refractivity (Wildman–Crippen MR) is 125 cm³/mol. The molecule has 0 aliphatic carbocycles. The number of aromatic hydroxyl groups is 1. The topological polar surface area (TPSA) is 205 Å². The average molecular weight is 539 g/mol. The lowest BCUT2D eigenvalue weighted by Gasteiger charge is -2.42. The summed E-state index contributed by atoms with van der Waals surface area (Å²) < 4.78 is 27.5. The molecular formula is C25H30O13. The van der Waals surface area contributed by atoms with Gasteiger partial charge in [-0.15, -0.1) is 0 Å². The van der Waals surface area contributed by atoms with Crippen molar-refractivity contribution in [1.82, 2.24) is 0 Å². The highest BCUT2D eigenvalue weighted by Crippen LogP contribution is 2.32. The zero-order valence-electron chi connectivity index (χ0n) is 20.1. The number of phenols is 1. The van der Waals surface area contributed by atoms with E-state index in [2.05, 4.69) is 0 Å². The molecule has 0 aromatic heterocycles. The Morgan fingerprint density at radius 1 is 0.974 bits per heavy atom. The van der Waals surface area contributed by atoms with E-state index in [0.717, 1.165) is 0 Å². The number of hydrogen-bond donors (Lipinski definition) is 7. The maximum absolute atomic E-state index is 12.3. The normalized spacial score (nSPS) is 33.2. The van der Waals surface area contributed by atoms with E-state index >= 15 is 0 Å². The minimum Gasteiger partial charge on any atom is -0.508 e. The molecular weight excluding hydrogens is 508 g/mol. The van der Waals surface area contributed by atoms with Crippen molar-refractivity contribution in [3.63, 3.8) is 0 Å². The van der Waals surface area contributed by atoms with Gasteiger partial charge in [0.1, 0.15) is 42.5 Å². The highest BCUT2D eigenvalue weighted by atomic mass is 16.8. The zero-order chi connectivity index (χ0) is 27.4. The van der Waals surface area contributed by atoms with E-state index in [1.165, 1.54) is 36.4 Å². The first-order valence-corrected chi connectivity index (χ1v) is 11.8. The van der Waals surface area contributed by atoms with Gasteiger partial charge in [-0.2, -0.15) is 0 Å². The molecule has 2 aromatic carbocycles. The van der Waals surface area contributed by atoms with Crippen LogP contribution in [0.1, 0.15) is 15.9 Å². The minimum atomic E-state index is -2.07. The summed E-state index contributed by atoms with van der Waals surface area (Å²) in [6.07, 6.45) is -10.6. The standard InChI is InChI=1S/C25H30O13/c26-9-13-1-7-16(8-2-13)36-23-20(19(30)18(29)17(10-27)37-23)38-24-21(31)25(33,12-35-24)11-34-22(32)14-3-5-15(28)6-4-14/h1-8,17-21,23-24,26-31,33H,9-12H2. The maximum atomic E-state index is 12.3. The van der Waals surface area contributed by atoms with Gasteiger partial charge in [-0.3, -0.25) is 0 Å². The van der Waals surface area contributed by atoms with Gasteiger partial charge in [0.2, 0.25) is 6.29 Å². The molecule has 2 fully saturated rings. The van der Waals surface area contributed by atoms with Crippen molar-refractivity contribution >= 4 is 5.97 Å². The quantitative estimate of drug-likeness (QED) is 0.180. The second-order valence-corrected chi connectivity index (χ2v) is 9.08. The fraction of sp³-hybridized carbons (Fsp3) is 0.480. The number of carbonyl (C=O) groups is 1. The van der Waals surface area contributed by atoms with Crippen molar-refractivity contribution in [3.8, 4) is 11.5 Å². The van der Waals surface area contributed by atoms with Crippen LogP contribution in [0.4, 0.5) is 0 Å². The van der Waals surface area contributed by atoms with Crippen molar-refractivity contribution in [2.75, 3.05) is 19.8 Å². The molecule has 0 bridgehead atoms. The number of benzene rings is 2. The van der Waals surface area contributed by atoms with Gasteiger partial charge in [0.15, 0.2) is 18.0 Å². The van der Waals surface area contributed by atoms with Gasteiger partial charge in [-0.1, -0.05) is 12.1 Å². The molecule has 8 unspecified atom stereocenters. The summed E-state index contributed by atoms with van der Waals surface area (Å²) in [7, 11) is 0.